The molecular formula is C29H35FN4O3. The Bertz CT molecular complexity index is 1280. The number of hydrogen-bond donors (Lipinski definition) is 2. The van der Waals surface area contributed by atoms with Gasteiger partial charge in [-0.05, 0) is 74.7 Å². The highest BCUT2D eigenvalue weighted by Gasteiger charge is 2.40. The number of nitrogens with zero attached hydrogens (tertiary/aromatic N) is 2. The Morgan fingerprint density at radius 2 is 1.81 bits per heavy atom. The number of amides is 2. The van der Waals surface area contributed by atoms with E-state index in [2.05, 4.69) is 21.7 Å². The van der Waals surface area contributed by atoms with E-state index in [0.29, 0.717) is 31.0 Å². The molecule has 0 radical (unpaired) electrons. The quantitative estimate of drug-likeness (QED) is 0.551. The van der Waals surface area contributed by atoms with Crippen molar-refractivity contribution >= 4 is 22.7 Å². The van der Waals surface area contributed by atoms with Gasteiger partial charge in [0.1, 0.15) is 18.2 Å². The van der Waals surface area contributed by atoms with Crippen LogP contribution in [0.1, 0.15) is 48.0 Å². The zero-order valence-corrected chi connectivity index (χ0v) is 21.4. The Balaban J connectivity index is 1.24. The van der Waals surface area contributed by atoms with Gasteiger partial charge in [-0.2, -0.15) is 0 Å². The van der Waals surface area contributed by atoms with Crippen molar-refractivity contribution in [3.8, 4) is 5.75 Å². The molecule has 3 heterocycles. The number of hydrogen-bond acceptors (Lipinski definition) is 4. The Labute approximate surface area is 217 Å². The van der Waals surface area contributed by atoms with E-state index < -0.39 is 5.41 Å². The van der Waals surface area contributed by atoms with Gasteiger partial charge in [0.15, 0.2) is 0 Å². The molecule has 7 nitrogen and oxygen atoms in total. The summed E-state index contributed by atoms with van der Waals surface area (Å²) in [6.45, 7) is 3.60. The highest BCUT2D eigenvalue weighted by molar-refractivity contribution is 5.96. The maximum Gasteiger partial charge on any atom is 0.255 e. The minimum atomic E-state index is -0.423. The monoisotopic (exact) mass is 506 g/mol. The van der Waals surface area contributed by atoms with Gasteiger partial charge < -0.3 is 19.9 Å². The molecule has 0 aliphatic carbocycles. The molecule has 1 spiro atoms. The van der Waals surface area contributed by atoms with Crippen molar-refractivity contribution in [3.63, 3.8) is 0 Å². The first kappa shape index (κ1) is 25.3. The van der Waals surface area contributed by atoms with E-state index in [1.807, 2.05) is 29.8 Å². The summed E-state index contributed by atoms with van der Waals surface area (Å²) in [7, 11) is 1.99. The van der Waals surface area contributed by atoms with Gasteiger partial charge in [-0.25, -0.2) is 4.39 Å². The first-order valence-corrected chi connectivity index (χ1v) is 13.2. The number of fused-ring (bicyclic) bond motifs is 2. The number of nitrogens with one attached hydrogen (secondary N) is 2. The molecule has 2 amide bonds. The van der Waals surface area contributed by atoms with Crippen LogP contribution in [0.5, 0.6) is 5.75 Å². The second-order valence-electron chi connectivity index (χ2n) is 10.3. The van der Waals surface area contributed by atoms with Crippen molar-refractivity contribution in [1.29, 1.82) is 0 Å². The molecule has 2 aliphatic rings. The van der Waals surface area contributed by atoms with Gasteiger partial charge in [-0.1, -0.05) is 18.6 Å². The van der Waals surface area contributed by atoms with Gasteiger partial charge in [0.05, 0.1) is 17.5 Å². The fourth-order valence-corrected chi connectivity index (χ4v) is 5.72. The van der Waals surface area contributed by atoms with E-state index in [4.69, 9.17) is 4.74 Å². The lowest BCUT2D eigenvalue weighted by Gasteiger charge is -2.41. The van der Waals surface area contributed by atoms with Gasteiger partial charge in [0.25, 0.3) is 5.91 Å². The zero-order chi connectivity index (χ0) is 25.8. The van der Waals surface area contributed by atoms with Crippen LogP contribution in [0.15, 0.2) is 48.7 Å². The maximum atomic E-state index is 13.9. The number of aryl methyl sites for hydroxylation is 1. The lowest BCUT2D eigenvalue weighted by Crippen LogP contribution is -2.49. The van der Waals surface area contributed by atoms with Crippen LogP contribution in [0.3, 0.4) is 0 Å². The predicted molar refractivity (Wildman–Crippen MR) is 141 cm³/mol. The van der Waals surface area contributed by atoms with E-state index >= 15 is 0 Å². The molecule has 2 N–H and O–H groups in total. The summed E-state index contributed by atoms with van der Waals surface area (Å²) >= 11 is 0. The summed E-state index contributed by atoms with van der Waals surface area (Å²) in [5.41, 5.74) is 2.22. The molecule has 0 saturated carbocycles. The van der Waals surface area contributed by atoms with Crippen LogP contribution in [0.25, 0.3) is 10.9 Å². The van der Waals surface area contributed by atoms with Crippen LogP contribution in [0.2, 0.25) is 0 Å². The molecular weight excluding hydrogens is 471 g/mol. The normalized spacial score (nSPS) is 19.5. The second-order valence-corrected chi connectivity index (χ2v) is 10.3. The number of benzene rings is 2. The lowest BCUT2D eigenvalue weighted by molar-refractivity contribution is -0.134. The van der Waals surface area contributed by atoms with Crippen LogP contribution in [-0.2, 0) is 18.4 Å². The van der Waals surface area contributed by atoms with Crippen LogP contribution in [-0.4, -0.2) is 54.1 Å². The summed E-state index contributed by atoms with van der Waals surface area (Å²) in [5.74, 6) is 0.269. The van der Waals surface area contributed by atoms with Crippen LogP contribution in [0, 0.1) is 11.2 Å². The third-order valence-corrected chi connectivity index (χ3v) is 7.87. The number of rotatable bonds is 2. The Morgan fingerprint density at radius 3 is 2.65 bits per heavy atom. The Morgan fingerprint density at radius 1 is 1.00 bits per heavy atom. The molecule has 196 valence electrons. The van der Waals surface area contributed by atoms with Gasteiger partial charge in [-0.3, -0.25) is 14.5 Å². The molecule has 2 aromatic carbocycles. The minimum absolute atomic E-state index is 0.0948. The number of carbonyl (C=O) groups is 2. The number of piperidine rings is 1. The average molecular weight is 507 g/mol. The summed E-state index contributed by atoms with van der Waals surface area (Å²) in [6.07, 6.45) is 6.10. The molecule has 8 heteroatoms. The van der Waals surface area contributed by atoms with Crippen molar-refractivity contribution in [1.82, 2.24) is 20.1 Å². The first-order chi connectivity index (χ1) is 17.9. The first-order valence-electron chi connectivity index (χ1n) is 13.2. The number of halogens is 1. The third kappa shape index (κ3) is 5.49. The second kappa shape index (κ2) is 10.9. The molecule has 0 bridgehead atoms. The number of ether oxygens (including phenoxy) is 1. The molecule has 0 atom stereocenters. The van der Waals surface area contributed by atoms with Crippen molar-refractivity contribution < 1.29 is 18.7 Å². The maximum absolute atomic E-state index is 13.9. The Hall–Kier alpha value is -3.39. The largest absolute Gasteiger partial charge is 0.491 e. The smallest absolute Gasteiger partial charge is 0.255 e. The van der Waals surface area contributed by atoms with Gasteiger partial charge in [0.2, 0.25) is 5.91 Å². The molecule has 0 unspecified atom stereocenters. The van der Waals surface area contributed by atoms with E-state index in [0.717, 1.165) is 68.2 Å². The van der Waals surface area contributed by atoms with Crippen molar-refractivity contribution in [2.75, 3.05) is 32.8 Å². The Kier molecular flexibility index (Phi) is 7.46. The fraction of sp³-hybridized carbons (Fsp3) is 0.448. The molecule has 1 aromatic heterocycles. The molecule has 1 saturated heterocycles. The minimum Gasteiger partial charge on any atom is -0.491 e. The molecule has 3 aromatic rings. The third-order valence-electron chi connectivity index (χ3n) is 7.87. The highest BCUT2D eigenvalue weighted by atomic mass is 19.1. The molecule has 1 fully saturated rings. The number of para-hydroxylation sites is 1. The van der Waals surface area contributed by atoms with Crippen molar-refractivity contribution in [2.45, 2.75) is 38.6 Å². The molecule has 2 aliphatic heterocycles. The number of aromatic nitrogens is 1. The fourth-order valence-electron chi connectivity index (χ4n) is 5.72. The van der Waals surface area contributed by atoms with Crippen LogP contribution < -0.4 is 15.4 Å². The SMILES string of the molecule is Cn1cc(CN2CCC3(CCCCNC(=O)c4ccccc4OCCNC3=O)CC2)c2cc(F)ccc21. The van der Waals surface area contributed by atoms with Crippen molar-refractivity contribution in [3.05, 3.63) is 65.6 Å². The summed E-state index contributed by atoms with van der Waals surface area (Å²) < 4.78 is 21.8. The predicted octanol–water partition coefficient (Wildman–Crippen LogP) is 4.01. The van der Waals surface area contributed by atoms with Crippen LogP contribution >= 0.6 is 0 Å². The van der Waals surface area contributed by atoms with Gasteiger partial charge in [-0.15, -0.1) is 0 Å². The van der Waals surface area contributed by atoms with Crippen molar-refractivity contribution in [2.24, 2.45) is 12.5 Å². The molecule has 5 rings (SSSR count). The van der Waals surface area contributed by atoms with E-state index in [9.17, 15) is 14.0 Å². The lowest BCUT2D eigenvalue weighted by atomic mass is 9.73. The van der Waals surface area contributed by atoms with Gasteiger partial charge in [0, 0.05) is 37.2 Å². The summed E-state index contributed by atoms with van der Waals surface area (Å²) in [4.78, 5) is 28.4. The van der Waals surface area contributed by atoms with E-state index in [1.165, 1.54) is 6.07 Å². The van der Waals surface area contributed by atoms with E-state index in [1.54, 1.807) is 18.2 Å². The highest BCUT2D eigenvalue weighted by Crippen LogP contribution is 2.38. The van der Waals surface area contributed by atoms with Gasteiger partial charge >= 0.3 is 0 Å². The standard InChI is InChI=1S/C29H35FN4O3/c1-33-19-21(24-18-22(30)8-9-25(24)33)20-34-15-11-29(12-16-34)10-4-5-13-31-27(35)23-6-2-3-7-26(23)37-17-14-32-28(29)36/h2-3,6-9,18-19H,4-5,10-17,20H2,1H3,(H,31,35)(H,32,36). The number of likely N-dealkylation sites (tertiary alicyclic amines) is 1. The van der Waals surface area contributed by atoms with Crippen LogP contribution in [0.4, 0.5) is 4.39 Å². The summed E-state index contributed by atoms with van der Waals surface area (Å²) in [5, 5.41) is 7.05. The average Bonchev–Trinajstić information content (AvgIpc) is 3.20. The van der Waals surface area contributed by atoms with E-state index in [-0.39, 0.29) is 17.6 Å². The summed E-state index contributed by atoms with van der Waals surface area (Å²) in [6, 6.07) is 12.1. The topological polar surface area (TPSA) is 75.6 Å². The molecule has 37 heavy (non-hydrogen) atoms. The number of carbonyl (C=O) groups excluding carboxylic acids is 2. The zero-order valence-electron chi connectivity index (χ0n) is 21.4.